The molecule has 0 bridgehead atoms. The molecule has 1 heterocycles. The maximum absolute atomic E-state index is 12.3. The molecule has 0 unspecified atom stereocenters. The molecule has 2 N–H and O–H groups in total. The van der Waals surface area contributed by atoms with Gasteiger partial charge in [0.15, 0.2) is 5.78 Å². The van der Waals surface area contributed by atoms with Crippen molar-refractivity contribution in [3.8, 4) is 5.75 Å². The third-order valence-electron chi connectivity index (χ3n) is 5.74. The maximum Gasteiger partial charge on any atom is 0.335 e. The highest BCUT2D eigenvalue weighted by atomic mass is 35.5. The van der Waals surface area contributed by atoms with Gasteiger partial charge in [0.1, 0.15) is 11.4 Å². The Bertz CT molecular complexity index is 1230. The fraction of sp³-hybridized carbons (Fsp3) is 0.300. The summed E-state index contributed by atoms with van der Waals surface area (Å²) in [5.41, 5.74) is 1.31. The van der Waals surface area contributed by atoms with Crippen LogP contribution in [0, 0.1) is 0 Å². The van der Waals surface area contributed by atoms with E-state index in [0.29, 0.717) is 21.7 Å². The molecule has 206 valence electrons. The number of halogens is 1. The van der Waals surface area contributed by atoms with Crippen LogP contribution in [-0.4, -0.2) is 52.3 Å². The number of ketones is 1. The first-order valence-corrected chi connectivity index (χ1v) is 13.7. The molecule has 1 saturated heterocycles. The standard InChI is InChI=1S/C17H17ClO2.C13H16N2O3S/c1-17(2,3)20-15-10-6-13(7-11-15)16(19)12-4-8-14(18)9-5-12;16-9-14-11-5-7-15(8-6-11)19-12-3-1-10(2-4-12)13(17)18/h4-11H,1-3H3;1-4,9,11H,5-8H2,(H,14,16)(H,17,18). The molecule has 39 heavy (non-hydrogen) atoms. The van der Waals surface area contributed by atoms with Gasteiger partial charge in [-0.2, -0.15) is 0 Å². The van der Waals surface area contributed by atoms with Crippen molar-refractivity contribution in [1.29, 1.82) is 0 Å². The molecule has 0 aromatic heterocycles. The van der Waals surface area contributed by atoms with Crippen molar-refractivity contribution in [1.82, 2.24) is 9.62 Å². The van der Waals surface area contributed by atoms with E-state index < -0.39 is 5.97 Å². The van der Waals surface area contributed by atoms with E-state index in [-0.39, 0.29) is 17.4 Å². The fourth-order valence-electron chi connectivity index (χ4n) is 3.81. The minimum atomic E-state index is -0.905. The van der Waals surface area contributed by atoms with Crippen molar-refractivity contribution in [3.05, 3.63) is 94.5 Å². The Kier molecular flexibility index (Phi) is 11.0. The Balaban J connectivity index is 0.000000216. The van der Waals surface area contributed by atoms with E-state index in [0.717, 1.165) is 43.0 Å². The zero-order valence-electron chi connectivity index (χ0n) is 22.2. The molecule has 1 aliphatic heterocycles. The zero-order chi connectivity index (χ0) is 28.4. The van der Waals surface area contributed by atoms with Crippen LogP contribution in [0.4, 0.5) is 0 Å². The van der Waals surface area contributed by atoms with Crippen molar-refractivity contribution >= 4 is 41.7 Å². The van der Waals surface area contributed by atoms with E-state index in [4.69, 9.17) is 21.4 Å². The Morgan fingerprint density at radius 1 is 0.923 bits per heavy atom. The predicted molar refractivity (Wildman–Crippen MR) is 155 cm³/mol. The molecule has 0 spiro atoms. The molecule has 1 amide bonds. The number of nitrogens with one attached hydrogen (secondary N) is 1. The van der Waals surface area contributed by atoms with Gasteiger partial charge < -0.3 is 15.2 Å². The highest BCUT2D eigenvalue weighted by Gasteiger charge is 2.19. The first-order chi connectivity index (χ1) is 18.5. The van der Waals surface area contributed by atoms with Gasteiger partial charge >= 0.3 is 5.97 Å². The lowest BCUT2D eigenvalue weighted by molar-refractivity contribution is -0.110. The number of carboxylic acids is 1. The number of benzene rings is 3. The molecule has 1 fully saturated rings. The van der Waals surface area contributed by atoms with Gasteiger partial charge in [0, 0.05) is 40.2 Å². The largest absolute Gasteiger partial charge is 0.488 e. The normalized spacial score (nSPS) is 14.1. The monoisotopic (exact) mass is 568 g/mol. The Morgan fingerprint density at radius 3 is 1.92 bits per heavy atom. The Hall–Kier alpha value is -3.33. The lowest BCUT2D eigenvalue weighted by Gasteiger charge is -2.30. The maximum atomic E-state index is 12.3. The minimum absolute atomic E-state index is 0.0241. The number of piperidine rings is 1. The first kappa shape index (κ1) is 30.2. The van der Waals surface area contributed by atoms with Crippen LogP contribution in [-0.2, 0) is 4.79 Å². The quantitative estimate of drug-likeness (QED) is 0.186. The van der Waals surface area contributed by atoms with Gasteiger partial charge in [-0.15, -0.1) is 0 Å². The molecule has 9 heteroatoms. The number of aromatic carboxylic acids is 1. The van der Waals surface area contributed by atoms with E-state index >= 15 is 0 Å². The van der Waals surface area contributed by atoms with Gasteiger partial charge in [0.2, 0.25) is 6.41 Å². The number of ether oxygens (including phenoxy) is 1. The van der Waals surface area contributed by atoms with Crippen molar-refractivity contribution < 1.29 is 24.2 Å². The van der Waals surface area contributed by atoms with E-state index in [9.17, 15) is 14.4 Å². The molecule has 4 rings (SSSR count). The molecule has 0 saturated carbocycles. The van der Waals surface area contributed by atoms with Crippen LogP contribution in [0.15, 0.2) is 77.7 Å². The first-order valence-electron chi connectivity index (χ1n) is 12.6. The molecule has 0 radical (unpaired) electrons. The Morgan fingerprint density at radius 2 is 1.44 bits per heavy atom. The molecule has 3 aromatic carbocycles. The van der Waals surface area contributed by atoms with Crippen LogP contribution in [0.1, 0.15) is 59.9 Å². The average molecular weight is 569 g/mol. The van der Waals surface area contributed by atoms with E-state index in [1.165, 1.54) is 0 Å². The number of rotatable bonds is 8. The summed E-state index contributed by atoms with van der Waals surface area (Å²) in [6, 6.07) is 21.2. The minimum Gasteiger partial charge on any atom is -0.488 e. The average Bonchev–Trinajstić information content (AvgIpc) is 2.90. The number of carbonyl (C=O) groups excluding carboxylic acids is 2. The Labute approximate surface area is 238 Å². The fourth-order valence-corrected chi connectivity index (χ4v) is 4.89. The van der Waals surface area contributed by atoms with Crippen LogP contribution in [0.2, 0.25) is 5.02 Å². The summed E-state index contributed by atoms with van der Waals surface area (Å²) < 4.78 is 7.96. The summed E-state index contributed by atoms with van der Waals surface area (Å²) in [7, 11) is 0. The summed E-state index contributed by atoms with van der Waals surface area (Å²) in [5, 5.41) is 12.3. The summed E-state index contributed by atoms with van der Waals surface area (Å²) in [6.45, 7) is 7.78. The number of carbonyl (C=O) groups is 3. The lowest BCUT2D eigenvalue weighted by atomic mass is 10.0. The van der Waals surface area contributed by atoms with Crippen LogP contribution in [0.5, 0.6) is 5.75 Å². The van der Waals surface area contributed by atoms with Crippen LogP contribution in [0.25, 0.3) is 0 Å². The summed E-state index contributed by atoms with van der Waals surface area (Å²) in [4.78, 5) is 34.4. The van der Waals surface area contributed by atoms with Crippen molar-refractivity contribution in [2.45, 2.75) is 50.2 Å². The molecule has 3 aromatic rings. The predicted octanol–water partition coefficient (Wildman–Crippen LogP) is 6.35. The summed E-state index contributed by atoms with van der Waals surface area (Å²) in [6.07, 6.45) is 2.65. The SMILES string of the molecule is CC(C)(C)Oc1ccc(C(=O)c2ccc(Cl)cc2)cc1.O=CNC1CCN(Sc2ccc(C(=O)O)cc2)CC1. The van der Waals surface area contributed by atoms with Crippen LogP contribution < -0.4 is 10.1 Å². The van der Waals surface area contributed by atoms with Crippen LogP contribution in [0.3, 0.4) is 0 Å². The van der Waals surface area contributed by atoms with E-state index in [1.54, 1.807) is 60.5 Å². The van der Waals surface area contributed by atoms with Gasteiger partial charge in [0.25, 0.3) is 0 Å². The number of hydrogen-bond acceptors (Lipinski definition) is 6. The number of carboxylic acid groups (broad SMARTS) is 1. The molecular formula is C30H33ClN2O5S. The summed E-state index contributed by atoms with van der Waals surface area (Å²) in [5.74, 6) is -0.175. The molecule has 0 aliphatic carbocycles. The second kappa shape index (κ2) is 14.2. The highest BCUT2D eigenvalue weighted by molar-refractivity contribution is 7.97. The van der Waals surface area contributed by atoms with Gasteiger partial charge in [-0.05, 0) is 118 Å². The number of nitrogens with zero attached hydrogens (tertiary/aromatic N) is 1. The van der Waals surface area contributed by atoms with Gasteiger partial charge in [0.05, 0.1) is 5.56 Å². The van der Waals surface area contributed by atoms with Gasteiger partial charge in [-0.3, -0.25) is 9.59 Å². The van der Waals surface area contributed by atoms with Crippen molar-refractivity contribution in [2.75, 3.05) is 13.1 Å². The van der Waals surface area contributed by atoms with Gasteiger partial charge in [-0.1, -0.05) is 11.6 Å². The molecule has 7 nitrogen and oxygen atoms in total. The second-order valence-corrected chi connectivity index (χ2v) is 11.6. The highest BCUT2D eigenvalue weighted by Crippen LogP contribution is 2.26. The van der Waals surface area contributed by atoms with Crippen molar-refractivity contribution in [3.63, 3.8) is 0 Å². The number of amides is 1. The third kappa shape index (κ3) is 10.1. The van der Waals surface area contributed by atoms with Crippen LogP contribution >= 0.6 is 23.5 Å². The molecule has 0 atom stereocenters. The van der Waals surface area contributed by atoms with Crippen molar-refractivity contribution in [2.24, 2.45) is 0 Å². The third-order valence-corrected chi connectivity index (χ3v) is 7.10. The molecular weight excluding hydrogens is 536 g/mol. The number of hydrogen-bond donors (Lipinski definition) is 2. The second-order valence-electron chi connectivity index (χ2n) is 9.98. The van der Waals surface area contributed by atoms with E-state index in [1.807, 2.05) is 45.0 Å². The lowest BCUT2D eigenvalue weighted by Crippen LogP contribution is -2.39. The smallest absolute Gasteiger partial charge is 0.335 e. The van der Waals surface area contributed by atoms with Gasteiger partial charge in [-0.25, -0.2) is 9.10 Å². The zero-order valence-corrected chi connectivity index (χ0v) is 23.8. The summed E-state index contributed by atoms with van der Waals surface area (Å²) >= 11 is 7.45. The molecule has 1 aliphatic rings. The topological polar surface area (TPSA) is 95.9 Å². The van der Waals surface area contributed by atoms with E-state index in [2.05, 4.69) is 9.62 Å².